The molecule has 116 valence electrons. The second-order valence-electron chi connectivity index (χ2n) is 5.23. The molecule has 0 radical (unpaired) electrons. The number of hydrogen-bond donors (Lipinski definition) is 1. The third-order valence-electron chi connectivity index (χ3n) is 3.84. The van der Waals surface area contributed by atoms with E-state index in [4.69, 9.17) is 0 Å². The Morgan fingerprint density at radius 1 is 1.18 bits per heavy atom. The van der Waals surface area contributed by atoms with Crippen LogP contribution in [0.3, 0.4) is 0 Å². The van der Waals surface area contributed by atoms with E-state index in [1.54, 1.807) is 12.4 Å². The first-order valence-electron chi connectivity index (χ1n) is 7.66. The van der Waals surface area contributed by atoms with E-state index in [9.17, 15) is 0 Å². The summed E-state index contributed by atoms with van der Waals surface area (Å²) < 4.78 is 0. The molecule has 3 heterocycles. The largest absolute Gasteiger partial charge is 0.353 e. The summed E-state index contributed by atoms with van der Waals surface area (Å²) in [6.07, 6.45) is 3.51. The number of likely N-dealkylation sites (N-methyl/N-ethyl adjacent to an activating group) is 1. The first-order valence-corrected chi connectivity index (χ1v) is 7.66. The van der Waals surface area contributed by atoms with Crippen LogP contribution in [0.4, 0.5) is 11.8 Å². The lowest BCUT2D eigenvalue weighted by Crippen LogP contribution is -2.46. The summed E-state index contributed by atoms with van der Waals surface area (Å²) in [4.78, 5) is 13.5. The molecule has 1 saturated heterocycles. The fourth-order valence-corrected chi connectivity index (χ4v) is 2.49. The van der Waals surface area contributed by atoms with Crippen LogP contribution in [0.2, 0.25) is 0 Å². The molecule has 22 heavy (non-hydrogen) atoms. The number of anilines is 2. The van der Waals surface area contributed by atoms with Gasteiger partial charge in [0.2, 0.25) is 5.95 Å². The highest BCUT2D eigenvalue weighted by molar-refractivity contribution is 5.40. The highest BCUT2D eigenvalue weighted by Gasteiger charge is 2.17. The fourth-order valence-electron chi connectivity index (χ4n) is 2.49. The van der Waals surface area contributed by atoms with E-state index in [1.165, 1.54) is 0 Å². The molecule has 1 N–H and O–H groups in total. The highest BCUT2D eigenvalue weighted by Crippen LogP contribution is 2.13. The topological polar surface area (TPSA) is 70.1 Å². The molecule has 0 aliphatic carbocycles. The summed E-state index contributed by atoms with van der Waals surface area (Å²) in [5, 5.41) is 11.3. The molecule has 0 amide bonds. The van der Waals surface area contributed by atoms with Gasteiger partial charge in [-0.25, -0.2) is 0 Å². The Hall–Kier alpha value is -2.28. The number of aromatic nitrogens is 4. The zero-order valence-corrected chi connectivity index (χ0v) is 12.8. The standard InChI is InChI=1S/C15H21N7/c1-2-21-7-9-22(10-8-21)14-12-18-20-15(19-14)17-11-13-5-3-4-6-16-13/h3-6,12H,2,7-11H2,1H3,(H,17,19,20). The van der Waals surface area contributed by atoms with Crippen molar-refractivity contribution in [1.29, 1.82) is 0 Å². The highest BCUT2D eigenvalue weighted by atomic mass is 15.3. The van der Waals surface area contributed by atoms with E-state index in [-0.39, 0.29) is 0 Å². The first kappa shape index (κ1) is 14.6. The van der Waals surface area contributed by atoms with Crippen molar-refractivity contribution in [3.8, 4) is 0 Å². The van der Waals surface area contributed by atoms with Crippen molar-refractivity contribution in [3.05, 3.63) is 36.3 Å². The minimum absolute atomic E-state index is 0.543. The zero-order valence-electron chi connectivity index (χ0n) is 12.8. The van der Waals surface area contributed by atoms with Crippen molar-refractivity contribution in [2.45, 2.75) is 13.5 Å². The normalized spacial score (nSPS) is 15.8. The Labute approximate surface area is 130 Å². The smallest absolute Gasteiger partial charge is 0.245 e. The van der Waals surface area contributed by atoms with Gasteiger partial charge in [0.1, 0.15) is 0 Å². The summed E-state index contributed by atoms with van der Waals surface area (Å²) in [6, 6.07) is 5.83. The third kappa shape index (κ3) is 3.67. The average Bonchev–Trinajstić information content (AvgIpc) is 2.61. The predicted octanol–water partition coefficient (Wildman–Crippen LogP) is 1.02. The van der Waals surface area contributed by atoms with Gasteiger partial charge >= 0.3 is 0 Å². The van der Waals surface area contributed by atoms with Crippen LogP contribution < -0.4 is 10.2 Å². The maximum Gasteiger partial charge on any atom is 0.245 e. The van der Waals surface area contributed by atoms with Crippen LogP contribution in [0.5, 0.6) is 0 Å². The van der Waals surface area contributed by atoms with E-state index in [0.717, 1.165) is 44.2 Å². The quantitative estimate of drug-likeness (QED) is 0.884. The van der Waals surface area contributed by atoms with Crippen LogP contribution in [-0.2, 0) is 6.54 Å². The van der Waals surface area contributed by atoms with Crippen LogP contribution in [0, 0.1) is 0 Å². The van der Waals surface area contributed by atoms with Gasteiger partial charge in [0.25, 0.3) is 0 Å². The van der Waals surface area contributed by atoms with Gasteiger partial charge in [-0.1, -0.05) is 13.0 Å². The number of hydrogen-bond acceptors (Lipinski definition) is 7. The van der Waals surface area contributed by atoms with Crippen LogP contribution in [0.15, 0.2) is 30.6 Å². The summed E-state index contributed by atoms with van der Waals surface area (Å²) in [6.45, 7) is 7.98. The number of nitrogens with zero attached hydrogens (tertiary/aromatic N) is 6. The molecule has 2 aromatic heterocycles. The second kappa shape index (κ2) is 7.13. The molecule has 0 unspecified atom stereocenters. The summed E-state index contributed by atoms with van der Waals surface area (Å²) in [5.74, 6) is 1.43. The van der Waals surface area contributed by atoms with Crippen LogP contribution in [0.1, 0.15) is 12.6 Å². The molecule has 0 saturated carbocycles. The van der Waals surface area contributed by atoms with Gasteiger partial charge in [-0.2, -0.15) is 10.1 Å². The van der Waals surface area contributed by atoms with Gasteiger partial charge in [0, 0.05) is 32.4 Å². The lowest BCUT2D eigenvalue weighted by atomic mass is 10.3. The zero-order chi connectivity index (χ0) is 15.2. The molecule has 0 spiro atoms. The molecular formula is C15H21N7. The summed E-state index contributed by atoms with van der Waals surface area (Å²) in [7, 11) is 0. The monoisotopic (exact) mass is 299 g/mol. The number of rotatable bonds is 5. The lowest BCUT2D eigenvalue weighted by molar-refractivity contribution is 0.270. The van der Waals surface area contributed by atoms with E-state index in [0.29, 0.717) is 12.5 Å². The molecule has 1 fully saturated rings. The van der Waals surface area contributed by atoms with Gasteiger partial charge in [-0.3, -0.25) is 4.98 Å². The molecule has 0 bridgehead atoms. The Bertz CT molecular complexity index is 581. The van der Waals surface area contributed by atoms with Gasteiger partial charge in [-0.05, 0) is 18.7 Å². The van der Waals surface area contributed by atoms with Crippen LogP contribution >= 0.6 is 0 Å². The van der Waals surface area contributed by atoms with Crippen molar-refractivity contribution in [3.63, 3.8) is 0 Å². The Morgan fingerprint density at radius 3 is 2.77 bits per heavy atom. The molecule has 1 aliphatic rings. The van der Waals surface area contributed by atoms with Gasteiger partial charge in [0.15, 0.2) is 5.82 Å². The van der Waals surface area contributed by atoms with E-state index < -0.39 is 0 Å². The van der Waals surface area contributed by atoms with Crippen molar-refractivity contribution < 1.29 is 0 Å². The van der Waals surface area contributed by atoms with Crippen molar-refractivity contribution in [2.24, 2.45) is 0 Å². The van der Waals surface area contributed by atoms with Crippen LogP contribution in [-0.4, -0.2) is 57.8 Å². The second-order valence-corrected chi connectivity index (χ2v) is 5.23. The molecule has 0 aromatic carbocycles. The number of nitrogens with one attached hydrogen (secondary N) is 1. The predicted molar refractivity (Wildman–Crippen MR) is 85.7 cm³/mol. The lowest BCUT2D eigenvalue weighted by Gasteiger charge is -2.34. The third-order valence-corrected chi connectivity index (χ3v) is 3.84. The number of piperazine rings is 1. The molecule has 3 rings (SSSR count). The van der Waals surface area contributed by atoms with Gasteiger partial charge < -0.3 is 15.1 Å². The van der Waals surface area contributed by atoms with Gasteiger partial charge in [-0.15, -0.1) is 5.10 Å². The first-order chi connectivity index (χ1) is 10.8. The van der Waals surface area contributed by atoms with Gasteiger partial charge in [0.05, 0.1) is 18.4 Å². The summed E-state index contributed by atoms with van der Waals surface area (Å²) >= 11 is 0. The van der Waals surface area contributed by atoms with Crippen molar-refractivity contribution in [2.75, 3.05) is 42.9 Å². The number of pyridine rings is 1. The Morgan fingerprint density at radius 2 is 2.05 bits per heavy atom. The molecule has 1 aliphatic heterocycles. The SMILES string of the molecule is CCN1CCN(c2cnnc(NCc3ccccn3)n2)CC1. The molecule has 7 heteroatoms. The maximum atomic E-state index is 4.56. The van der Waals surface area contributed by atoms with E-state index in [2.05, 4.69) is 42.2 Å². The van der Waals surface area contributed by atoms with Crippen molar-refractivity contribution in [1.82, 2.24) is 25.1 Å². The Kier molecular flexibility index (Phi) is 4.75. The molecule has 0 atom stereocenters. The van der Waals surface area contributed by atoms with E-state index in [1.807, 2.05) is 18.2 Å². The maximum absolute atomic E-state index is 4.56. The average molecular weight is 299 g/mol. The van der Waals surface area contributed by atoms with Crippen LogP contribution in [0.25, 0.3) is 0 Å². The molecule has 7 nitrogen and oxygen atoms in total. The van der Waals surface area contributed by atoms with E-state index >= 15 is 0 Å². The minimum Gasteiger partial charge on any atom is -0.353 e. The molecule has 2 aromatic rings. The molecular weight excluding hydrogens is 278 g/mol. The minimum atomic E-state index is 0.543. The van der Waals surface area contributed by atoms with Crippen molar-refractivity contribution >= 4 is 11.8 Å². The fraction of sp³-hybridized carbons (Fsp3) is 0.467. The summed E-state index contributed by atoms with van der Waals surface area (Å²) in [5.41, 5.74) is 0.952. The Balaban J connectivity index is 1.60.